The zero-order valence-corrected chi connectivity index (χ0v) is 8.87. The molecule has 82 valence electrons. The second kappa shape index (κ2) is 5.10. The molecular weight excluding hydrogens is 176 g/mol. The first kappa shape index (κ1) is 10.4. The summed E-state index contributed by atoms with van der Waals surface area (Å²) in [5.74, 6) is 1.46. The van der Waals surface area contributed by atoms with Gasteiger partial charge in [-0.3, -0.25) is 0 Å². The second-order valence-corrected chi connectivity index (χ2v) is 4.74. The van der Waals surface area contributed by atoms with Crippen LogP contribution in [0.4, 0.5) is 0 Å². The summed E-state index contributed by atoms with van der Waals surface area (Å²) in [6.07, 6.45) is 5.08. The molecule has 1 saturated heterocycles. The van der Waals surface area contributed by atoms with E-state index in [1.54, 1.807) is 0 Å². The number of ether oxygens (including phenoxy) is 1. The van der Waals surface area contributed by atoms with Crippen molar-refractivity contribution in [1.82, 2.24) is 5.32 Å². The Bertz CT molecular complexity index is 169. The van der Waals surface area contributed by atoms with Crippen LogP contribution in [0.3, 0.4) is 0 Å². The van der Waals surface area contributed by atoms with E-state index in [-0.39, 0.29) is 0 Å². The van der Waals surface area contributed by atoms with Crippen LogP contribution in [0.5, 0.6) is 0 Å². The number of rotatable bonds is 4. The van der Waals surface area contributed by atoms with Crippen LogP contribution in [-0.2, 0) is 4.74 Å². The van der Waals surface area contributed by atoms with Crippen molar-refractivity contribution in [2.75, 3.05) is 26.3 Å². The molecule has 3 unspecified atom stereocenters. The van der Waals surface area contributed by atoms with E-state index in [0.717, 1.165) is 38.1 Å². The van der Waals surface area contributed by atoms with Gasteiger partial charge >= 0.3 is 0 Å². The molecule has 14 heavy (non-hydrogen) atoms. The standard InChI is InChI=1S/C11H22N2O/c12-11-3-1-2-10(11)7-13-6-9-4-5-14-8-9/h9-11,13H,1-8,12H2. The van der Waals surface area contributed by atoms with Crippen LogP contribution in [-0.4, -0.2) is 32.3 Å². The van der Waals surface area contributed by atoms with Gasteiger partial charge in [-0.15, -0.1) is 0 Å². The van der Waals surface area contributed by atoms with Gasteiger partial charge in [0.25, 0.3) is 0 Å². The number of hydrogen-bond donors (Lipinski definition) is 2. The van der Waals surface area contributed by atoms with E-state index in [2.05, 4.69) is 5.32 Å². The molecule has 0 aromatic carbocycles. The van der Waals surface area contributed by atoms with E-state index in [1.807, 2.05) is 0 Å². The lowest BCUT2D eigenvalue weighted by Crippen LogP contribution is -2.35. The Morgan fingerprint density at radius 3 is 2.79 bits per heavy atom. The first-order valence-electron chi connectivity index (χ1n) is 5.90. The minimum atomic E-state index is 0.447. The Morgan fingerprint density at radius 1 is 1.21 bits per heavy atom. The Morgan fingerprint density at radius 2 is 2.14 bits per heavy atom. The third-order valence-corrected chi connectivity index (χ3v) is 3.58. The van der Waals surface area contributed by atoms with Crippen molar-refractivity contribution in [3.8, 4) is 0 Å². The summed E-state index contributed by atoms with van der Waals surface area (Å²) in [6, 6.07) is 0.447. The van der Waals surface area contributed by atoms with Crippen LogP contribution >= 0.6 is 0 Å². The maximum absolute atomic E-state index is 6.01. The van der Waals surface area contributed by atoms with E-state index in [4.69, 9.17) is 10.5 Å². The zero-order valence-electron chi connectivity index (χ0n) is 8.87. The summed E-state index contributed by atoms with van der Waals surface area (Å²) >= 11 is 0. The molecule has 2 fully saturated rings. The molecule has 1 saturated carbocycles. The first-order valence-corrected chi connectivity index (χ1v) is 5.90. The Hall–Kier alpha value is -0.120. The van der Waals surface area contributed by atoms with Crippen molar-refractivity contribution in [2.45, 2.75) is 31.7 Å². The summed E-state index contributed by atoms with van der Waals surface area (Å²) in [4.78, 5) is 0. The van der Waals surface area contributed by atoms with Gasteiger partial charge in [0.1, 0.15) is 0 Å². The predicted octanol–water partition coefficient (Wildman–Crippen LogP) is 0.740. The summed E-state index contributed by atoms with van der Waals surface area (Å²) in [7, 11) is 0. The van der Waals surface area contributed by atoms with Gasteiger partial charge in [0.2, 0.25) is 0 Å². The fourth-order valence-corrected chi connectivity index (χ4v) is 2.54. The lowest BCUT2D eigenvalue weighted by Gasteiger charge is -2.17. The SMILES string of the molecule is NC1CCCC1CNCC1CCOC1. The molecule has 0 bridgehead atoms. The van der Waals surface area contributed by atoms with Crippen LogP contribution in [0.2, 0.25) is 0 Å². The van der Waals surface area contributed by atoms with Crippen LogP contribution in [0.15, 0.2) is 0 Å². The van der Waals surface area contributed by atoms with Gasteiger partial charge in [0.05, 0.1) is 6.61 Å². The van der Waals surface area contributed by atoms with Gasteiger partial charge in [-0.2, -0.15) is 0 Å². The average molecular weight is 198 g/mol. The molecule has 1 aliphatic carbocycles. The van der Waals surface area contributed by atoms with Crippen molar-refractivity contribution in [3.05, 3.63) is 0 Å². The lowest BCUT2D eigenvalue weighted by molar-refractivity contribution is 0.185. The van der Waals surface area contributed by atoms with E-state index in [9.17, 15) is 0 Å². The minimum Gasteiger partial charge on any atom is -0.381 e. The molecule has 0 amide bonds. The van der Waals surface area contributed by atoms with Crippen LogP contribution < -0.4 is 11.1 Å². The molecule has 2 rings (SSSR count). The lowest BCUT2D eigenvalue weighted by atomic mass is 10.0. The van der Waals surface area contributed by atoms with Crippen molar-refractivity contribution in [1.29, 1.82) is 0 Å². The number of nitrogens with two attached hydrogens (primary N) is 1. The highest BCUT2D eigenvalue weighted by Crippen LogP contribution is 2.23. The molecule has 0 aromatic heterocycles. The van der Waals surface area contributed by atoms with Crippen molar-refractivity contribution < 1.29 is 4.74 Å². The monoisotopic (exact) mass is 198 g/mol. The van der Waals surface area contributed by atoms with Crippen LogP contribution in [0.1, 0.15) is 25.7 Å². The van der Waals surface area contributed by atoms with Gasteiger partial charge in [0.15, 0.2) is 0 Å². The summed E-state index contributed by atoms with van der Waals surface area (Å²) in [6.45, 7) is 4.12. The third-order valence-electron chi connectivity index (χ3n) is 3.58. The molecule has 1 aliphatic heterocycles. The van der Waals surface area contributed by atoms with E-state index in [1.165, 1.54) is 25.7 Å². The molecule has 0 spiro atoms. The van der Waals surface area contributed by atoms with Gasteiger partial charge in [-0.05, 0) is 37.6 Å². The average Bonchev–Trinajstić information content (AvgIpc) is 2.78. The topological polar surface area (TPSA) is 47.3 Å². The van der Waals surface area contributed by atoms with Gasteiger partial charge < -0.3 is 15.8 Å². The highest BCUT2D eigenvalue weighted by molar-refractivity contribution is 4.82. The molecule has 3 atom stereocenters. The largest absolute Gasteiger partial charge is 0.381 e. The zero-order chi connectivity index (χ0) is 9.80. The summed E-state index contributed by atoms with van der Waals surface area (Å²) in [5, 5.41) is 3.54. The first-order chi connectivity index (χ1) is 6.86. The van der Waals surface area contributed by atoms with Crippen molar-refractivity contribution in [2.24, 2.45) is 17.6 Å². The summed E-state index contributed by atoms with van der Waals surface area (Å²) < 4.78 is 5.34. The third kappa shape index (κ3) is 2.69. The Balaban J connectivity index is 1.57. The highest BCUT2D eigenvalue weighted by Gasteiger charge is 2.23. The van der Waals surface area contributed by atoms with Gasteiger partial charge in [0, 0.05) is 19.2 Å². The Labute approximate surface area is 86.4 Å². The molecule has 0 radical (unpaired) electrons. The van der Waals surface area contributed by atoms with Crippen molar-refractivity contribution in [3.63, 3.8) is 0 Å². The van der Waals surface area contributed by atoms with Gasteiger partial charge in [-0.25, -0.2) is 0 Å². The smallest absolute Gasteiger partial charge is 0.0507 e. The van der Waals surface area contributed by atoms with E-state index in [0.29, 0.717) is 6.04 Å². The molecule has 2 aliphatic rings. The number of hydrogen-bond acceptors (Lipinski definition) is 3. The van der Waals surface area contributed by atoms with Crippen molar-refractivity contribution >= 4 is 0 Å². The van der Waals surface area contributed by atoms with Crippen LogP contribution in [0, 0.1) is 11.8 Å². The molecule has 3 nitrogen and oxygen atoms in total. The highest BCUT2D eigenvalue weighted by atomic mass is 16.5. The maximum atomic E-state index is 6.01. The van der Waals surface area contributed by atoms with Gasteiger partial charge in [-0.1, -0.05) is 6.42 Å². The fraction of sp³-hybridized carbons (Fsp3) is 1.00. The normalized spacial score (nSPS) is 37.9. The maximum Gasteiger partial charge on any atom is 0.0507 e. The molecule has 3 N–H and O–H groups in total. The van der Waals surface area contributed by atoms with Crippen LogP contribution in [0.25, 0.3) is 0 Å². The molecule has 1 heterocycles. The quantitative estimate of drug-likeness (QED) is 0.700. The van der Waals surface area contributed by atoms with E-state index < -0.39 is 0 Å². The second-order valence-electron chi connectivity index (χ2n) is 4.74. The van der Waals surface area contributed by atoms with E-state index >= 15 is 0 Å². The Kier molecular flexibility index (Phi) is 3.79. The fourth-order valence-electron chi connectivity index (χ4n) is 2.54. The summed E-state index contributed by atoms with van der Waals surface area (Å²) in [5.41, 5.74) is 6.01. The molecule has 3 heteroatoms. The molecule has 0 aromatic rings. The predicted molar refractivity (Wildman–Crippen MR) is 57.1 cm³/mol. The number of nitrogens with one attached hydrogen (secondary N) is 1. The molecular formula is C11H22N2O. The minimum absolute atomic E-state index is 0.447.